The van der Waals surface area contributed by atoms with Gasteiger partial charge in [-0.1, -0.05) is 49.6 Å². The predicted molar refractivity (Wildman–Crippen MR) is 166 cm³/mol. The third-order valence-corrected chi connectivity index (χ3v) is 6.46. The van der Waals surface area contributed by atoms with Gasteiger partial charge in [-0.2, -0.15) is 0 Å². The molecule has 0 fully saturated rings. The SMILES string of the molecule is C=C(C)C(=O)OCCCc1ccc(-c2ccc(OCC(COC(=O)C(=C)C)(COC(=O)C(=O)OC)COC(=O)C(=O)OC)cc2)cc1. The second kappa shape index (κ2) is 18.5. The molecule has 0 amide bonds. The van der Waals surface area contributed by atoms with E-state index in [-0.39, 0.29) is 12.2 Å². The van der Waals surface area contributed by atoms with Gasteiger partial charge in [0.15, 0.2) is 0 Å². The molecule has 47 heavy (non-hydrogen) atoms. The van der Waals surface area contributed by atoms with E-state index in [1.54, 1.807) is 31.2 Å². The molecule has 0 aliphatic heterocycles. The normalized spacial score (nSPS) is 10.6. The van der Waals surface area contributed by atoms with Crippen molar-refractivity contribution < 1.29 is 61.9 Å². The fraction of sp³-hybridized carbons (Fsp3) is 0.353. The van der Waals surface area contributed by atoms with Crippen LogP contribution >= 0.6 is 0 Å². The Kier molecular flexibility index (Phi) is 14.8. The van der Waals surface area contributed by atoms with Crippen LogP contribution in [-0.2, 0) is 63.6 Å². The molecule has 13 nitrogen and oxygen atoms in total. The van der Waals surface area contributed by atoms with E-state index in [1.807, 2.05) is 24.3 Å². The molecule has 0 aliphatic rings. The number of carbonyl (C=O) groups is 6. The summed E-state index contributed by atoms with van der Waals surface area (Å²) in [5, 5.41) is 0. The first kappa shape index (κ1) is 37.7. The van der Waals surface area contributed by atoms with Crippen LogP contribution < -0.4 is 4.74 Å². The van der Waals surface area contributed by atoms with Gasteiger partial charge in [-0.05, 0) is 55.5 Å². The molecule has 0 bridgehead atoms. The second-order valence-corrected chi connectivity index (χ2v) is 10.5. The minimum absolute atomic E-state index is 0.0608. The van der Waals surface area contributed by atoms with Crippen LogP contribution in [0.2, 0.25) is 0 Å². The maximum atomic E-state index is 12.2. The van der Waals surface area contributed by atoms with Crippen molar-refractivity contribution in [3.8, 4) is 16.9 Å². The van der Waals surface area contributed by atoms with Crippen molar-refractivity contribution in [1.82, 2.24) is 0 Å². The molecule has 2 aromatic carbocycles. The van der Waals surface area contributed by atoms with Crippen molar-refractivity contribution in [2.75, 3.05) is 47.3 Å². The van der Waals surface area contributed by atoms with Gasteiger partial charge < -0.3 is 33.2 Å². The first-order valence-corrected chi connectivity index (χ1v) is 14.3. The summed E-state index contributed by atoms with van der Waals surface area (Å²) in [5.41, 5.74) is 1.71. The van der Waals surface area contributed by atoms with Gasteiger partial charge in [0.2, 0.25) is 0 Å². The molecule has 0 saturated carbocycles. The van der Waals surface area contributed by atoms with Crippen molar-refractivity contribution >= 4 is 35.8 Å². The number of carbonyl (C=O) groups excluding carboxylic acids is 6. The number of benzene rings is 2. The maximum absolute atomic E-state index is 12.2. The summed E-state index contributed by atoms with van der Waals surface area (Å²) in [7, 11) is 1.97. The number of aryl methyl sites for hydroxylation is 1. The number of esters is 6. The number of hydrogen-bond acceptors (Lipinski definition) is 13. The van der Waals surface area contributed by atoms with Crippen LogP contribution in [0.25, 0.3) is 11.1 Å². The molecule has 13 heteroatoms. The van der Waals surface area contributed by atoms with Gasteiger partial charge in [-0.15, -0.1) is 0 Å². The van der Waals surface area contributed by atoms with Crippen molar-refractivity contribution in [2.24, 2.45) is 5.41 Å². The van der Waals surface area contributed by atoms with Crippen LogP contribution in [0.1, 0.15) is 25.8 Å². The molecular weight excluding hydrogens is 616 g/mol. The zero-order valence-electron chi connectivity index (χ0n) is 26.8. The van der Waals surface area contributed by atoms with Crippen molar-refractivity contribution in [3.63, 3.8) is 0 Å². The molecule has 0 N–H and O–H groups in total. The van der Waals surface area contributed by atoms with Gasteiger partial charge in [0.25, 0.3) is 0 Å². The third kappa shape index (κ3) is 12.5. The van der Waals surface area contributed by atoms with Crippen molar-refractivity contribution in [2.45, 2.75) is 26.7 Å². The number of rotatable bonds is 16. The summed E-state index contributed by atoms with van der Waals surface area (Å²) >= 11 is 0. The average Bonchev–Trinajstić information content (AvgIpc) is 3.08. The molecule has 0 heterocycles. The molecule has 2 rings (SSSR count). The Labute approximate surface area is 272 Å². The van der Waals surface area contributed by atoms with E-state index >= 15 is 0 Å². The standard InChI is InChI=1S/C34H38O13/c1-22(2)28(35)43-17-7-8-24-9-11-25(12-10-24)26-13-15-27(16-14-26)44-18-34(19-45-29(36)23(3)4,20-46-32(39)30(37)41-5)21-47-33(40)31(38)42-6/h9-16H,1,3,7-8,17-21H2,2,4-6H3. The fourth-order valence-electron chi connectivity index (χ4n) is 3.72. The van der Waals surface area contributed by atoms with Gasteiger partial charge >= 0.3 is 35.8 Å². The van der Waals surface area contributed by atoms with Gasteiger partial charge in [-0.3, -0.25) is 0 Å². The van der Waals surface area contributed by atoms with Crippen LogP contribution in [0, 0.1) is 5.41 Å². The zero-order valence-corrected chi connectivity index (χ0v) is 26.8. The van der Waals surface area contributed by atoms with Crippen LogP contribution in [-0.4, -0.2) is 83.1 Å². The molecule has 252 valence electrons. The average molecular weight is 655 g/mol. The first-order chi connectivity index (χ1) is 22.3. The monoisotopic (exact) mass is 654 g/mol. The lowest BCUT2D eigenvalue weighted by atomic mass is 9.92. The molecule has 0 unspecified atom stereocenters. The molecule has 0 aliphatic carbocycles. The summed E-state index contributed by atoms with van der Waals surface area (Å²) in [6, 6.07) is 14.8. The van der Waals surface area contributed by atoms with E-state index in [2.05, 4.69) is 22.6 Å². The summed E-state index contributed by atoms with van der Waals surface area (Å²) < 4.78 is 35.2. The highest BCUT2D eigenvalue weighted by Gasteiger charge is 2.39. The Balaban J connectivity index is 2.18. The Bertz CT molecular complexity index is 1420. The lowest BCUT2D eigenvalue weighted by Crippen LogP contribution is -2.45. The second-order valence-electron chi connectivity index (χ2n) is 10.5. The van der Waals surface area contributed by atoms with Crippen LogP contribution in [0.4, 0.5) is 0 Å². The van der Waals surface area contributed by atoms with Crippen molar-refractivity contribution in [1.29, 1.82) is 0 Å². The number of ether oxygens (including phenoxy) is 7. The smallest absolute Gasteiger partial charge is 0.417 e. The molecule has 0 radical (unpaired) electrons. The highest BCUT2D eigenvalue weighted by molar-refractivity contribution is 6.30. The highest BCUT2D eigenvalue weighted by atomic mass is 16.6. The molecule has 0 spiro atoms. The summed E-state index contributed by atoms with van der Waals surface area (Å²) in [6.45, 7) is 8.21. The Morgan fingerprint density at radius 3 is 1.45 bits per heavy atom. The number of methoxy groups -OCH3 is 2. The van der Waals surface area contributed by atoms with Gasteiger partial charge in [0.1, 0.15) is 37.6 Å². The van der Waals surface area contributed by atoms with Crippen LogP contribution in [0.3, 0.4) is 0 Å². The Morgan fingerprint density at radius 2 is 1.00 bits per heavy atom. The van der Waals surface area contributed by atoms with Crippen LogP contribution in [0.5, 0.6) is 5.75 Å². The van der Waals surface area contributed by atoms with Crippen LogP contribution in [0.15, 0.2) is 72.8 Å². The highest BCUT2D eigenvalue weighted by Crippen LogP contribution is 2.27. The Morgan fingerprint density at radius 1 is 0.574 bits per heavy atom. The molecule has 0 aromatic heterocycles. The van der Waals surface area contributed by atoms with Gasteiger partial charge in [0, 0.05) is 11.1 Å². The van der Waals surface area contributed by atoms with E-state index in [9.17, 15) is 28.8 Å². The number of hydrogen-bond donors (Lipinski definition) is 0. The molecular formula is C34H38O13. The van der Waals surface area contributed by atoms with E-state index < -0.39 is 61.1 Å². The maximum Gasteiger partial charge on any atom is 0.417 e. The fourth-order valence-corrected chi connectivity index (χ4v) is 3.72. The van der Waals surface area contributed by atoms with E-state index in [0.29, 0.717) is 24.4 Å². The predicted octanol–water partition coefficient (Wildman–Crippen LogP) is 3.32. The minimum atomic E-state index is -1.59. The quantitative estimate of drug-likeness (QED) is 0.0851. The summed E-state index contributed by atoms with van der Waals surface area (Å²) in [6.07, 6.45) is 1.39. The van der Waals surface area contributed by atoms with Crippen molar-refractivity contribution in [3.05, 3.63) is 78.4 Å². The zero-order chi connectivity index (χ0) is 35.0. The largest absolute Gasteiger partial charge is 0.493 e. The van der Waals surface area contributed by atoms with E-state index in [1.165, 1.54) is 6.92 Å². The summed E-state index contributed by atoms with van der Waals surface area (Å²) in [4.78, 5) is 71.1. The van der Waals surface area contributed by atoms with E-state index in [4.69, 9.17) is 23.7 Å². The minimum Gasteiger partial charge on any atom is -0.493 e. The van der Waals surface area contributed by atoms with E-state index in [0.717, 1.165) is 37.3 Å². The van der Waals surface area contributed by atoms with Gasteiger partial charge in [0.05, 0.1) is 20.8 Å². The van der Waals surface area contributed by atoms with Gasteiger partial charge in [-0.25, -0.2) is 28.8 Å². The lowest BCUT2D eigenvalue weighted by molar-refractivity contribution is -0.177. The first-order valence-electron chi connectivity index (χ1n) is 14.3. The third-order valence-electron chi connectivity index (χ3n) is 6.46. The molecule has 0 atom stereocenters. The summed E-state index contributed by atoms with van der Waals surface area (Å²) in [5.74, 6) is -6.16. The lowest BCUT2D eigenvalue weighted by Gasteiger charge is -2.31. The topological polar surface area (TPSA) is 167 Å². The molecule has 0 saturated heterocycles. The Hall–Kier alpha value is -5.46. The molecule has 2 aromatic rings.